The van der Waals surface area contributed by atoms with Crippen LogP contribution in [-0.2, 0) is 16.0 Å². The van der Waals surface area contributed by atoms with Crippen molar-refractivity contribution in [3.05, 3.63) is 24.0 Å². The number of carboxylic acids is 1. The molecule has 19 heavy (non-hydrogen) atoms. The van der Waals surface area contributed by atoms with E-state index in [1.54, 1.807) is 0 Å². The van der Waals surface area contributed by atoms with Crippen LogP contribution >= 0.6 is 0 Å². The second kappa shape index (κ2) is 4.77. The van der Waals surface area contributed by atoms with Crippen molar-refractivity contribution in [1.29, 1.82) is 0 Å². The highest BCUT2D eigenvalue weighted by Gasteiger charge is 2.43. The lowest BCUT2D eigenvalue weighted by Gasteiger charge is -2.21. The Labute approximate surface area is 111 Å². The topological polar surface area (TPSA) is 77.2 Å². The molecule has 1 aromatic rings. The molecule has 0 radical (unpaired) electrons. The second-order valence-electron chi connectivity index (χ2n) is 5.21. The molecule has 0 aromatic carbocycles. The van der Waals surface area contributed by atoms with Crippen LogP contribution in [-0.4, -0.2) is 38.3 Å². The van der Waals surface area contributed by atoms with Crippen LogP contribution in [0.15, 0.2) is 18.3 Å². The SMILES string of the molecule is O=C(O)C1(Cc2cn(C3CC=CC3)nn2)CCCO1. The quantitative estimate of drug-likeness (QED) is 0.830. The highest BCUT2D eigenvalue weighted by Crippen LogP contribution is 2.30. The van der Waals surface area contributed by atoms with Crippen molar-refractivity contribution in [2.24, 2.45) is 0 Å². The Morgan fingerprint density at radius 1 is 1.53 bits per heavy atom. The van der Waals surface area contributed by atoms with Crippen LogP contribution in [0.1, 0.15) is 37.4 Å². The van der Waals surface area contributed by atoms with Gasteiger partial charge in [0.25, 0.3) is 0 Å². The van der Waals surface area contributed by atoms with Gasteiger partial charge in [-0.25, -0.2) is 9.48 Å². The lowest BCUT2D eigenvalue weighted by molar-refractivity contribution is -0.160. The van der Waals surface area contributed by atoms with Gasteiger partial charge in [0.2, 0.25) is 0 Å². The number of rotatable bonds is 4. The summed E-state index contributed by atoms with van der Waals surface area (Å²) in [5.41, 5.74) is -0.411. The number of aromatic nitrogens is 3. The molecule has 0 saturated carbocycles. The van der Waals surface area contributed by atoms with Crippen molar-refractivity contribution < 1.29 is 14.6 Å². The maximum Gasteiger partial charge on any atom is 0.336 e. The highest BCUT2D eigenvalue weighted by atomic mass is 16.5. The zero-order valence-electron chi connectivity index (χ0n) is 10.7. The maximum atomic E-state index is 11.4. The zero-order chi connectivity index (χ0) is 13.3. The number of allylic oxidation sites excluding steroid dienone is 2. The Hall–Kier alpha value is -1.69. The van der Waals surface area contributed by atoms with Gasteiger partial charge in [-0.3, -0.25) is 0 Å². The van der Waals surface area contributed by atoms with Crippen molar-refractivity contribution >= 4 is 5.97 Å². The smallest absolute Gasteiger partial charge is 0.336 e. The summed E-state index contributed by atoms with van der Waals surface area (Å²) in [6, 6.07) is 0.325. The molecule has 0 bridgehead atoms. The first-order chi connectivity index (χ1) is 9.20. The molecule has 1 saturated heterocycles. The van der Waals surface area contributed by atoms with E-state index in [0.717, 1.165) is 19.3 Å². The first-order valence-corrected chi connectivity index (χ1v) is 6.63. The molecule has 2 heterocycles. The Kier molecular flexibility index (Phi) is 3.10. The number of aliphatic carboxylic acids is 1. The van der Waals surface area contributed by atoms with Crippen molar-refractivity contribution in [3.8, 4) is 0 Å². The lowest BCUT2D eigenvalue weighted by atomic mass is 9.95. The van der Waals surface area contributed by atoms with E-state index in [2.05, 4.69) is 22.5 Å². The van der Waals surface area contributed by atoms with E-state index >= 15 is 0 Å². The van der Waals surface area contributed by atoms with E-state index in [4.69, 9.17) is 4.74 Å². The van der Waals surface area contributed by atoms with Gasteiger partial charge in [-0.15, -0.1) is 5.10 Å². The van der Waals surface area contributed by atoms with Gasteiger partial charge in [-0.2, -0.15) is 0 Å². The number of hydrogen-bond acceptors (Lipinski definition) is 4. The van der Waals surface area contributed by atoms with Gasteiger partial charge >= 0.3 is 5.97 Å². The van der Waals surface area contributed by atoms with Gasteiger partial charge in [0.15, 0.2) is 5.60 Å². The fourth-order valence-electron chi connectivity index (χ4n) is 2.77. The summed E-state index contributed by atoms with van der Waals surface area (Å²) in [6.45, 7) is 0.507. The van der Waals surface area contributed by atoms with Crippen LogP contribution in [0.2, 0.25) is 0 Å². The summed E-state index contributed by atoms with van der Waals surface area (Å²) in [7, 11) is 0. The third kappa shape index (κ3) is 2.28. The molecule has 1 fully saturated rings. The molecule has 3 rings (SSSR count). The van der Waals surface area contributed by atoms with Crippen LogP contribution < -0.4 is 0 Å². The number of carbonyl (C=O) groups is 1. The summed E-state index contributed by atoms with van der Waals surface area (Å²) < 4.78 is 7.28. The molecule has 1 unspecified atom stereocenters. The van der Waals surface area contributed by atoms with E-state index in [9.17, 15) is 9.90 Å². The number of hydrogen-bond donors (Lipinski definition) is 1. The average Bonchev–Trinajstić information content (AvgIpc) is 3.10. The molecule has 0 spiro atoms. The molecule has 1 aliphatic carbocycles. The Morgan fingerprint density at radius 3 is 2.95 bits per heavy atom. The van der Waals surface area contributed by atoms with E-state index in [1.807, 2.05) is 10.9 Å². The van der Waals surface area contributed by atoms with Crippen LogP contribution in [0.5, 0.6) is 0 Å². The van der Waals surface area contributed by atoms with E-state index in [1.165, 1.54) is 0 Å². The molecular weight excluding hydrogens is 246 g/mol. The van der Waals surface area contributed by atoms with Gasteiger partial charge in [0, 0.05) is 19.2 Å². The highest BCUT2D eigenvalue weighted by molar-refractivity contribution is 5.78. The molecule has 0 amide bonds. The summed E-state index contributed by atoms with van der Waals surface area (Å²) in [4.78, 5) is 11.4. The molecule has 1 atom stereocenters. The maximum absolute atomic E-state index is 11.4. The van der Waals surface area contributed by atoms with Crippen LogP contribution in [0, 0.1) is 0 Å². The number of carboxylic acid groups (broad SMARTS) is 1. The van der Waals surface area contributed by atoms with Crippen molar-refractivity contribution in [1.82, 2.24) is 15.0 Å². The molecule has 2 aliphatic rings. The van der Waals surface area contributed by atoms with Gasteiger partial charge in [0.1, 0.15) is 0 Å². The van der Waals surface area contributed by atoms with E-state index in [-0.39, 0.29) is 0 Å². The molecule has 102 valence electrons. The van der Waals surface area contributed by atoms with Gasteiger partial charge < -0.3 is 9.84 Å². The van der Waals surface area contributed by atoms with E-state index < -0.39 is 11.6 Å². The molecule has 1 aromatic heterocycles. The monoisotopic (exact) mass is 263 g/mol. The lowest BCUT2D eigenvalue weighted by Crippen LogP contribution is -2.40. The Morgan fingerprint density at radius 2 is 2.32 bits per heavy atom. The predicted octanol–water partition coefficient (Wildman–Crippen LogP) is 1.35. The number of nitrogens with zero attached hydrogens (tertiary/aromatic N) is 3. The van der Waals surface area contributed by atoms with Crippen molar-refractivity contribution in [2.45, 2.75) is 43.7 Å². The summed E-state index contributed by atoms with van der Waals surface area (Å²) in [5, 5.41) is 17.6. The minimum Gasteiger partial charge on any atom is -0.479 e. The fraction of sp³-hybridized carbons (Fsp3) is 0.615. The van der Waals surface area contributed by atoms with Crippen LogP contribution in [0.25, 0.3) is 0 Å². The van der Waals surface area contributed by atoms with Crippen molar-refractivity contribution in [2.75, 3.05) is 6.61 Å². The molecule has 6 nitrogen and oxygen atoms in total. The average molecular weight is 263 g/mol. The molecule has 6 heteroatoms. The standard InChI is InChI=1S/C13H17N3O3/c17-12(18)13(6-3-7-19-13)8-10-9-16(15-14-10)11-4-1-2-5-11/h1-2,9,11H,3-8H2,(H,17,18). The van der Waals surface area contributed by atoms with Crippen molar-refractivity contribution in [3.63, 3.8) is 0 Å². The van der Waals surface area contributed by atoms with Crippen LogP contribution in [0.3, 0.4) is 0 Å². The zero-order valence-corrected chi connectivity index (χ0v) is 10.7. The fourth-order valence-corrected chi connectivity index (χ4v) is 2.77. The largest absolute Gasteiger partial charge is 0.479 e. The Bertz CT molecular complexity index is 495. The van der Waals surface area contributed by atoms with Gasteiger partial charge in [0.05, 0.1) is 11.7 Å². The van der Waals surface area contributed by atoms with E-state index in [0.29, 0.717) is 31.2 Å². The van der Waals surface area contributed by atoms with Crippen LogP contribution in [0.4, 0.5) is 0 Å². The Balaban J connectivity index is 1.74. The third-order valence-corrected chi connectivity index (χ3v) is 3.87. The summed E-state index contributed by atoms with van der Waals surface area (Å²) >= 11 is 0. The second-order valence-corrected chi connectivity index (χ2v) is 5.21. The normalized spacial score (nSPS) is 27.2. The van der Waals surface area contributed by atoms with Gasteiger partial charge in [-0.05, 0) is 25.7 Å². The first-order valence-electron chi connectivity index (χ1n) is 6.63. The third-order valence-electron chi connectivity index (χ3n) is 3.87. The predicted molar refractivity (Wildman–Crippen MR) is 66.7 cm³/mol. The first kappa shape index (κ1) is 12.3. The van der Waals surface area contributed by atoms with Gasteiger partial charge in [-0.1, -0.05) is 17.4 Å². The minimum absolute atomic E-state index is 0.294. The molecule has 1 aliphatic heterocycles. The molecule has 1 N–H and O–H groups in total. The summed E-state index contributed by atoms with van der Waals surface area (Å²) in [6.07, 6.45) is 9.65. The molecular formula is C13H17N3O3. The summed E-state index contributed by atoms with van der Waals surface area (Å²) in [5.74, 6) is -0.901. The minimum atomic E-state index is -1.10. The number of ether oxygens (including phenoxy) is 1.